The Labute approximate surface area is 186 Å². The molecule has 2 atom stereocenters. The van der Waals surface area contributed by atoms with E-state index in [4.69, 9.17) is 9.72 Å². The molecule has 6 nitrogen and oxygen atoms in total. The number of nitrogens with zero attached hydrogens (tertiary/aromatic N) is 3. The molecule has 1 aliphatic heterocycles. The van der Waals surface area contributed by atoms with E-state index in [1.54, 1.807) is 23.0 Å². The summed E-state index contributed by atoms with van der Waals surface area (Å²) >= 11 is 3.05. The fourth-order valence-electron chi connectivity index (χ4n) is 4.82. The smallest absolute Gasteiger partial charge is 0.263 e. The third kappa shape index (κ3) is 4.18. The molecule has 2 aliphatic rings. The van der Waals surface area contributed by atoms with Gasteiger partial charge in [-0.1, -0.05) is 11.8 Å². The first-order chi connectivity index (χ1) is 14.5. The summed E-state index contributed by atoms with van der Waals surface area (Å²) in [5.74, 6) is 0.447. The molecule has 0 bridgehead atoms. The summed E-state index contributed by atoms with van der Waals surface area (Å²) in [5, 5.41) is 1.42. The molecule has 164 valence electrons. The van der Waals surface area contributed by atoms with Crippen LogP contribution in [0.25, 0.3) is 10.2 Å². The van der Waals surface area contributed by atoms with Crippen molar-refractivity contribution >= 4 is 39.2 Å². The van der Waals surface area contributed by atoms with E-state index in [0.29, 0.717) is 24.1 Å². The van der Waals surface area contributed by atoms with E-state index in [0.717, 1.165) is 42.3 Å². The van der Waals surface area contributed by atoms with Gasteiger partial charge in [-0.25, -0.2) is 4.98 Å². The summed E-state index contributed by atoms with van der Waals surface area (Å²) in [7, 11) is 1.64. The van der Waals surface area contributed by atoms with Crippen molar-refractivity contribution in [3.8, 4) is 0 Å². The lowest BCUT2D eigenvalue weighted by molar-refractivity contribution is -0.134. The van der Waals surface area contributed by atoms with Gasteiger partial charge in [0.2, 0.25) is 5.91 Å². The SMILES string of the molecule is COCCn1c(SCC(=O)N2[C@@H](C)CCC[C@@H]2C)nc2sc3c(c2c1=O)CCCC3. The first kappa shape index (κ1) is 21.8. The van der Waals surface area contributed by atoms with Gasteiger partial charge in [-0.15, -0.1) is 11.3 Å². The molecular formula is C22H31N3O3S2. The summed E-state index contributed by atoms with van der Waals surface area (Å²) in [6, 6.07) is 0.550. The summed E-state index contributed by atoms with van der Waals surface area (Å²) < 4.78 is 6.96. The van der Waals surface area contributed by atoms with Gasteiger partial charge < -0.3 is 9.64 Å². The van der Waals surface area contributed by atoms with Gasteiger partial charge in [0.05, 0.1) is 24.3 Å². The number of fused-ring (bicyclic) bond motifs is 3. The van der Waals surface area contributed by atoms with E-state index in [1.165, 1.54) is 35.0 Å². The third-order valence-electron chi connectivity index (χ3n) is 6.37. The quantitative estimate of drug-likeness (QED) is 0.495. The minimum absolute atomic E-state index is 0.0195. The second kappa shape index (κ2) is 9.40. The normalized spacial score (nSPS) is 21.8. The number of rotatable bonds is 6. The molecule has 0 radical (unpaired) electrons. The average molecular weight is 450 g/mol. The topological polar surface area (TPSA) is 64.4 Å². The number of aromatic nitrogens is 2. The molecule has 1 amide bonds. The van der Waals surface area contributed by atoms with E-state index in [2.05, 4.69) is 13.8 Å². The van der Waals surface area contributed by atoms with Crippen molar-refractivity contribution < 1.29 is 9.53 Å². The van der Waals surface area contributed by atoms with Gasteiger partial charge in [-0.2, -0.15) is 0 Å². The van der Waals surface area contributed by atoms with Crippen LogP contribution in [-0.2, 0) is 28.9 Å². The molecule has 8 heteroatoms. The van der Waals surface area contributed by atoms with Gasteiger partial charge in [-0.3, -0.25) is 14.2 Å². The lowest BCUT2D eigenvalue weighted by Crippen LogP contribution is -2.48. The van der Waals surface area contributed by atoms with Crippen molar-refractivity contribution in [3.63, 3.8) is 0 Å². The number of amides is 1. The van der Waals surface area contributed by atoms with E-state index in [-0.39, 0.29) is 23.6 Å². The molecule has 2 aromatic heterocycles. The summed E-state index contributed by atoms with van der Waals surface area (Å²) in [6.45, 7) is 5.16. The third-order valence-corrected chi connectivity index (χ3v) is 8.51. The number of hydrogen-bond acceptors (Lipinski definition) is 6. The number of thiophene rings is 1. The average Bonchev–Trinajstić information content (AvgIpc) is 3.10. The Morgan fingerprint density at radius 3 is 2.67 bits per heavy atom. The minimum atomic E-state index is 0.0195. The van der Waals surface area contributed by atoms with Crippen LogP contribution in [0.4, 0.5) is 0 Å². The number of methoxy groups -OCH3 is 1. The Morgan fingerprint density at radius 1 is 1.20 bits per heavy atom. The fourth-order valence-corrected chi connectivity index (χ4v) is 7.02. The zero-order valence-electron chi connectivity index (χ0n) is 18.1. The van der Waals surface area contributed by atoms with Crippen LogP contribution in [-0.4, -0.2) is 51.9 Å². The van der Waals surface area contributed by atoms with Crippen LogP contribution in [0.1, 0.15) is 56.4 Å². The van der Waals surface area contributed by atoms with Crippen molar-refractivity contribution in [2.45, 2.75) is 82.6 Å². The first-order valence-electron chi connectivity index (χ1n) is 11.0. The lowest BCUT2D eigenvalue weighted by Gasteiger charge is -2.39. The highest BCUT2D eigenvalue weighted by Crippen LogP contribution is 2.35. The predicted octanol–water partition coefficient (Wildman–Crippen LogP) is 3.86. The molecule has 4 rings (SSSR count). The van der Waals surface area contributed by atoms with Crippen molar-refractivity contribution in [2.24, 2.45) is 0 Å². The van der Waals surface area contributed by atoms with Crippen molar-refractivity contribution in [1.82, 2.24) is 14.5 Å². The number of thioether (sulfide) groups is 1. The molecule has 1 aliphatic carbocycles. The maximum Gasteiger partial charge on any atom is 0.263 e. The Kier molecular flexibility index (Phi) is 6.85. The number of carbonyl (C=O) groups is 1. The Balaban J connectivity index is 1.63. The summed E-state index contributed by atoms with van der Waals surface area (Å²) in [6.07, 6.45) is 7.62. The molecule has 2 aromatic rings. The van der Waals surface area contributed by atoms with E-state index < -0.39 is 0 Å². The number of ether oxygens (including phenoxy) is 1. The molecule has 0 saturated carbocycles. The van der Waals surface area contributed by atoms with Crippen LogP contribution in [0.15, 0.2) is 9.95 Å². The molecule has 0 spiro atoms. The van der Waals surface area contributed by atoms with Crippen LogP contribution in [0, 0.1) is 0 Å². The zero-order valence-corrected chi connectivity index (χ0v) is 19.7. The molecule has 3 heterocycles. The zero-order chi connectivity index (χ0) is 21.3. The Bertz CT molecular complexity index is 974. The Hall–Kier alpha value is -1.38. The maximum absolute atomic E-state index is 13.4. The van der Waals surface area contributed by atoms with Crippen LogP contribution >= 0.6 is 23.1 Å². The van der Waals surface area contributed by atoms with Crippen LogP contribution in [0.2, 0.25) is 0 Å². The monoisotopic (exact) mass is 449 g/mol. The van der Waals surface area contributed by atoms with Gasteiger partial charge in [-0.05, 0) is 64.4 Å². The van der Waals surface area contributed by atoms with Gasteiger partial charge >= 0.3 is 0 Å². The number of aryl methyl sites for hydroxylation is 2. The van der Waals surface area contributed by atoms with Gasteiger partial charge in [0.25, 0.3) is 5.56 Å². The van der Waals surface area contributed by atoms with Gasteiger partial charge in [0, 0.05) is 24.1 Å². The molecule has 1 saturated heterocycles. The number of likely N-dealkylation sites (tertiary alicyclic amines) is 1. The second-order valence-corrected chi connectivity index (χ2v) is 10.5. The number of hydrogen-bond donors (Lipinski definition) is 0. The Morgan fingerprint density at radius 2 is 1.93 bits per heavy atom. The fraction of sp³-hybridized carbons (Fsp3) is 0.682. The van der Waals surface area contributed by atoms with Crippen LogP contribution in [0.5, 0.6) is 0 Å². The largest absolute Gasteiger partial charge is 0.383 e. The minimum Gasteiger partial charge on any atom is -0.383 e. The standard InChI is InChI=1S/C22H31N3O3S2/c1-14-7-6-8-15(2)25(14)18(26)13-29-22-23-20-19(21(27)24(22)11-12-28-3)16-9-4-5-10-17(16)30-20/h14-15H,4-13H2,1-3H3/t14-,15-/m0/s1. The highest BCUT2D eigenvalue weighted by atomic mass is 32.2. The summed E-state index contributed by atoms with van der Waals surface area (Å²) in [5.41, 5.74) is 1.22. The predicted molar refractivity (Wildman–Crippen MR) is 123 cm³/mol. The van der Waals surface area contributed by atoms with E-state index >= 15 is 0 Å². The van der Waals surface area contributed by atoms with E-state index in [9.17, 15) is 9.59 Å². The lowest BCUT2D eigenvalue weighted by atomic mass is 9.97. The van der Waals surface area contributed by atoms with Crippen molar-refractivity contribution in [2.75, 3.05) is 19.5 Å². The number of piperidine rings is 1. The molecule has 1 fully saturated rings. The summed E-state index contributed by atoms with van der Waals surface area (Å²) in [4.78, 5) is 35.4. The van der Waals surface area contributed by atoms with Crippen molar-refractivity contribution in [1.29, 1.82) is 0 Å². The van der Waals surface area contributed by atoms with Crippen molar-refractivity contribution in [3.05, 3.63) is 20.8 Å². The molecule has 30 heavy (non-hydrogen) atoms. The van der Waals surface area contributed by atoms with Crippen LogP contribution < -0.4 is 5.56 Å². The van der Waals surface area contributed by atoms with Gasteiger partial charge in [0.15, 0.2) is 5.16 Å². The van der Waals surface area contributed by atoms with E-state index in [1.807, 2.05) is 4.90 Å². The maximum atomic E-state index is 13.4. The highest BCUT2D eigenvalue weighted by Gasteiger charge is 2.29. The van der Waals surface area contributed by atoms with Crippen LogP contribution in [0.3, 0.4) is 0 Å². The van der Waals surface area contributed by atoms with Gasteiger partial charge in [0.1, 0.15) is 4.83 Å². The molecule has 0 unspecified atom stereocenters. The second-order valence-electron chi connectivity index (χ2n) is 8.45. The first-order valence-corrected chi connectivity index (χ1v) is 12.8. The molecular weight excluding hydrogens is 418 g/mol. The molecule has 0 aromatic carbocycles. The highest BCUT2D eigenvalue weighted by molar-refractivity contribution is 7.99. The molecule has 0 N–H and O–H groups in total. The number of carbonyl (C=O) groups excluding carboxylic acids is 1.